The van der Waals surface area contributed by atoms with Gasteiger partial charge in [-0.15, -0.1) is 0 Å². The molecule has 0 radical (unpaired) electrons. The number of rotatable bonds is 6. The molecule has 1 heterocycles. The minimum absolute atomic E-state index is 0.162. The van der Waals surface area contributed by atoms with Crippen LogP contribution in [0.5, 0.6) is 5.75 Å². The maximum atomic E-state index is 12.2. The highest BCUT2D eigenvalue weighted by Crippen LogP contribution is 2.22. The molecule has 114 valence electrons. The van der Waals surface area contributed by atoms with E-state index in [4.69, 9.17) is 4.74 Å². The lowest BCUT2D eigenvalue weighted by Crippen LogP contribution is -2.25. The molecular weight excluding hydrogens is 274 g/mol. The van der Waals surface area contributed by atoms with E-state index in [0.717, 1.165) is 42.8 Å². The number of benzene rings is 2. The van der Waals surface area contributed by atoms with Crippen molar-refractivity contribution in [3.05, 3.63) is 65.2 Å². The standard InChI is InChI=1S/C19H21NO2/c1-15-7-6-9-17(13-15)22-12-5-4-11-20-14-16-8-2-3-10-18(16)19(20)21/h2-3,6-10,13H,4-5,11-12,14H2,1H3. The van der Waals surface area contributed by atoms with E-state index < -0.39 is 0 Å². The Kier molecular flexibility index (Phi) is 4.42. The van der Waals surface area contributed by atoms with Crippen LogP contribution in [0.3, 0.4) is 0 Å². The fourth-order valence-corrected chi connectivity index (χ4v) is 2.80. The zero-order chi connectivity index (χ0) is 15.4. The average molecular weight is 295 g/mol. The SMILES string of the molecule is Cc1cccc(OCCCCN2Cc3ccccc3C2=O)c1. The van der Waals surface area contributed by atoms with Gasteiger partial charge in [0.15, 0.2) is 0 Å². The summed E-state index contributed by atoms with van der Waals surface area (Å²) in [5, 5.41) is 0. The number of aryl methyl sites for hydroxylation is 1. The van der Waals surface area contributed by atoms with Crippen LogP contribution in [-0.4, -0.2) is 24.0 Å². The Morgan fingerprint density at radius 1 is 1.09 bits per heavy atom. The Labute approximate surface area is 131 Å². The first-order valence-electron chi connectivity index (χ1n) is 7.81. The van der Waals surface area contributed by atoms with Crippen LogP contribution in [0.2, 0.25) is 0 Å². The quantitative estimate of drug-likeness (QED) is 0.758. The Bertz CT molecular complexity index is 666. The molecule has 0 saturated heterocycles. The predicted octanol–water partition coefficient (Wildman–Crippen LogP) is 3.81. The number of hydrogen-bond acceptors (Lipinski definition) is 2. The molecule has 1 amide bonds. The van der Waals surface area contributed by atoms with Gasteiger partial charge < -0.3 is 9.64 Å². The van der Waals surface area contributed by atoms with Gasteiger partial charge in [-0.25, -0.2) is 0 Å². The first kappa shape index (κ1) is 14.6. The van der Waals surface area contributed by atoms with Gasteiger partial charge in [0.2, 0.25) is 0 Å². The fraction of sp³-hybridized carbons (Fsp3) is 0.316. The summed E-state index contributed by atoms with van der Waals surface area (Å²) in [5.74, 6) is 1.08. The maximum absolute atomic E-state index is 12.2. The largest absolute Gasteiger partial charge is 0.494 e. The summed E-state index contributed by atoms with van der Waals surface area (Å²) in [6.07, 6.45) is 1.92. The molecule has 1 aliphatic rings. The molecule has 0 N–H and O–H groups in total. The molecule has 1 aliphatic heterocycles. The Morgan fingerprint density at radius 3 is 2.77 bits per heavy atom. The van der Waals surface area contributed by atoms with E-state index in [9.17, 15) is 4.79 Å². The van der Waals surface area contributed by atoms with Crippen molar-refractivity contribution in [2.45, 2.75) is 26.3 Å². The number of carbonyl (C=O) groups excluding carboxylic acids is 1. The van der Waals surface area contributed by atoms with Crippen molar-refractivity contribution in [1.82, 2.24) is 4.90 Å². The second-order valence-corrected chi connectivity index (χ2v) is 5.76. The van der Waals surface area contributed by atoms with Gasteiger partial charge in [-0.3, -0.25) is 4.79 Å². The van der Waals surface area contributed by atoms with E-state index in [0.29, 0.717) is 6.61 Å². The summed E-state index contributed by atoms with van der Waals surface area (Å²) in [7, 11) is 0. The van der Waals surface area contributed by atoms with Crippen molar-refractivity contribution in [3.63, 3.8) is 0 Å². The van der Waals surface area contributed by atoms with Gasteiger partial charge in [-0.1, -0.05) is 30.3 Å². The molecule has 3 heteroatoms. The summed E-state index contributed by atoms with van der Waals surface area (Å²) < 4.78 is 5.74. The van der Waals surface area contributed by atoms with Crippen molar-refractivity contribution in [1.29, 1.82) is 0 Å². The van der Waals surface area contributed by atoms with Crippen molar-refractivity contribution >= 4 is 5.91 Å². The van der Waals surface area contributed by atoms with E-state index in [1.807, 2.05) is 47.4 Å². The normalized spacial score (nSPS) is 13.3. The lowest BCUT2D eigenvalue weighted by molar-refractivity contribution is 0.0773. The first-order chi connectivity index (χ1) is 10.7. The molecule has 0 saturated carbocycles. The molecule has 0 bridgehead atoms. The van der Waals surface area contributed by atoms with Crippen molar-refractivity contribution in [2.24, 2.45) is 0 Å². The molecular formula is C19H21NO2. The molecule has 0 unspecified atom stereocenters. The van der Waals surface area contributed by atoms with Crippen molar-refractivity contribution in [3.8, 4) is 5.75 Å². The van der Waals surface area contributed by atoms with Crippen LogP contribution in [0.4, 0.5) is 0 Å². The number of carbonyl (C=O) groups is 1. The summed E-state index contributed by atoms with van der Waals surface area (Å²) in [5.41, 5.74) is 3.21. The minimum Gasteiger partial charge on any atom is -0.494 e. The predicted molar refractivity (Wildman–Crippen MR) is 87.1 cm³/mol. The first-order valence-corrected chi connectivity index (χ1v) is 7.81. The highest BCUT2D eigenvalue weighted by atomic mass is 16.5. The van der Waals surface area contributed by atoms with Crippen molar-refractivity contribution < 1.29 is 9.53 Å². The zero-order valence-corrected chi connectivity index (χ0v) is 12.9. The van der Waals surface area contributed by atoms with Crippen LogP contribution in [0.1, 0.15) is 34.3 Å². The minimum atomic E-state index is 0.162. The maximum Gasteiger partial charge on any atom is 0.254 e. The third-order valence-corrected chi connectivity index (χ3v) is 3.98. The molecule has 3 nitrogen and oxygen atoms in total. The summed E-state index contributed by atoms with van der Waals surface area (Å²) in [4.78, 5) is 14.1. The van der Waals surface area contributed by atoms with Crippen LogP contribution in [0.15, 0.2) is 48.5 Å². The van der Waals surface area contributed by atoms with E-state index in [1.165, 1.54) is 5.56 Å². The average Bonchev–Trinajstić information content (AvgIpc) is 2.84. The molecule has 22 heavy (non-hydrogen) atoms. The number of nitrogens with zero attached hydrogens (tertiary/aromatic N) is 1. The molecule has 2 aromatic carbocycles. The molecule has 0 spiro atoms. The van der Waals surface area contributed by atoms with E-state index in [2.05, 4.69) is 13.0 Å². The smallest absolute Gasteiger partial charge is 0.254 e. The van der Waals surface area contributed by atoms with Crippen molar-refractivity contribution in [2.75, 3.05) is 13.2 Å². The van der Waals surface area contributed by atoms with Gasteiger partial charge in [0.1, 0.15) is 5.75 Å². The van der Waals surface area contributed by atoms with Crippen LogP contribution in [0.25, 0.3) is 0 Å². The molecule has 0 fully saturated rings. The van der Waals surface area contributed by atoms with E-state index in [1.54, 1.807) is 0 Å². The van der Waals surface area contributed by atoms with Gasteiger partial charge in [0.25, 0.3) is 5.91 Å². The number of hydrogen-bond donors (Lipinski definition) is 0. The monoisotopic (exact) mass is 295 g/mol. The van der Waals surface area contributed by atoms with Crippen LogP contribution >= 0.6 is 0 Å². The van der Waals surface area contributed by atoms with E-state index >= 15 is 0 Å². The van der Waals surface area contributed by atoms with Crippen LogP contribution in [0, 0.1) is 6.92 Å². The van der Waals surface area contributed by atoms with Gasteiger partial charge >= 0.3 is 0 Å². The second kappa shape index (κ2) is 6.65. The highest BCUT2D eigenvalue weighted by Gasteiger charge is 2.25. The second-order valence-electron chi connectivity index (χ2n) is 5.76. The number of fused-ring (bicyclic) bond motifs is 1. The fourth-order valence-electron chi connectivity index (χ4n) is 2.80. The molecule has 0 atom stereocenters. The number of amides is 1. The molecule has 3 rings (SSSR count). The molecule has 0 aromatic heterocycles. The van der Waals surface area contributed by atoms with Gasteiger partial charge in [-0.05, 0) is 49.1 Å². The third kappa shape index (κ3) is 3.30. The number of ether oxygens (including phenoxy) is 1. The van der Waals surface area contributed by atoms with Gasteiger partial charge in [-0.2, -0.15) is 0 Å². The molecule has 2 aromatic rings. The summed E-state index contributed by atoms with van der Waals surface area (Å²) >= 11 is 0. The third-order valence-electron chi connectivity index (χ3n) is 3.98. The highest BCUT2D eigenvalue weighted by molar-refractivity contribution is 5.98. The van der Waals surface area contributed by atoms with Gasteiger partial charge in [0.05, 0.1) is 6.61 Å². The number of unbranched alkanes of at least 4 members (excludes halogenated alkanes) is 1. The Morgan fingerprint density at radius 2 is 1.95 bits per heavy atom. The zero-order valence-electron chi connectivity index (χ0n) is 12.9. The van der Waals surface area contributed by atoms with Gasteiger partial charge in [0, 0.05) is 18.7 Å². The summed E-state index contributed by atoms with van der Waals surface area (Å²) in [6, 6.07) is 16.0. The topological polar surface area (TPSA) is 29.5 Å². The Hall–Kier alpha value is -2.29. The molecule has 0 aliphatic carbocycles. The lowest BCUT2D eigenvalue weighted by Gasteiger charge is -2.15. The summed E-state index contributed by atoms with van der Waals surface area (Å²) in [6.45, 7) is 4.29. The van der Waals surface area contributed by atoms with Crippen LogP contribution < -0.4 is 4.74 Å². The Balaban J connectivity index is 1.41. The lowest BCUT2D eigenvalue weighted by atomic mass is 10.1. The van der Waals surface area contributed by atoms with Crippen LogP contribution in [-0.2, 0) is 6.54 Å². The van der Waals surface area contributed by atoms with E-state index in [-0.39, 0.29) is 5.91 Å².